The van der Waals surface area contributed by atoms with Gasteiger partial charge in [0.05, 0.1) is 22.3 Å². The summed E-state index contributed by atoms with van der Waals surface area (Å²) in [4.78, 5) is 48.1. The Morgan fingerprint density at radius 1 is 1.07 bits per heavy atom. The van der Waals surface area contributed by atoms with Gasteiger partial charge in [-0.05, 0) is 51.5 Å². The SMILES string of the molecule is CC(=O)c1c(C)[nH]c(C(=O)C(C)OC(=O)c2ccc3nccnc3c2)c1C. The fourth-order valence-corrected chi connectivity index (χ4v) is 3.10. The van der Waals surface area contributed by atoms with Gasteiger partial charge in [0.25, 0.3) is 0 Å². The Balaban J connectivity index is 1.80. The lowest BCUT2D eigenvalue weighted by atomic mass is 10.0. The van der Waals surface area contributed by atoms with E-state index in [0.29, 0.717) is 27.9 Å². The molecule has 0 bridgehead atoms. The summed E-state index contributed by atoms with van der Waals surface area (Å²) in [5.41, 5.74) is 3.46. The minimum atomic E-state index is -1.01. The van der Waals surface area contributed by atoms with Crippen LogP contribution in [0.5, 0.6) is 0 Å². The number of aryl methyl sites for hydroxylation is 1. The highest BCUT2D eigenvalue weighted by Crippen LogP contribution is 2.21. The zero-order valence-electron chi connectivity index (χ0n) is 15.5. The summed E-state index contributed by atoms with van der Waals surface area (Å²) >= 11 is 0. The molecule has 2 aromatic heterocycles. The number of benzene rings is 1. The average molecular weight is 365 g/mol. The van der Waals surface area contributed by atoms with Crippen molar-refractivity contribution in [1.29, 1.82) is 0 Å². The zero-order valence-corrected chi connectivity index (χ0v) is 15.5. The van der Waals surface area contributed by atoms with E-state index in [1.165, 1.54) is 20.0 Å². The summed E-state index contributed by atoms with van der Waals surface area (Å²) < 4.78 is 5.32. The smallest absolute Gasteiger partial charge is 0.338 e. The molecule has 3 aromatic rings. The number of aromatic amines is 1. The molecule has 1 N–H and O–H groups in total. The molecule has 0 saturated heterocycles. The molecule has 0 aliphatic carbocycles. The standard InChI is InChI=1S/C20H19N3O4/c1-10-17(12(3)24)11(2)23-18(10)19(25)13(4)27-20(26)14-5-6-15-16(9-14)22-8-7-21-15/h5-9,13,23H,1-4H3. The van der Waals surface area contributed by atoms with E-state index in [4.69, 9.17) is 4.74 Å². The Labute approximate surface area is 155 Å². The number of rotatable bonds is 5. The summed E-state index contributed by atoms with van der Waals surface area (Å²) in [5.74, 6) is -1.14. The number of esters is 1. The molecule has 0 spiro atoms. The molecular weight excluding hydrogens is 346 g/mol. The molecule has 2 heterocycles. The van der Waals surface area contributed by atoms with Crippen LogP contribution in [0.4, 0.5) is 0 Å². The quantitative estimate of drug-likeness (QED) is 0.550. The molecule has 1 aromatic carbocycles. The third-order valence-electron chi connectivity index (χ3n) is 4.39. The number of fused-ring (bicyclic) bond motifs is 1. The number of Topliss-reactive ketones (excluding diaryl/α,β-unsaturated/α-hetero) is 2. The van der Waals surface area contributed by atoms with E-state index >= 15 is 0 Å². The summed E-state index contributed by atoms with van der Waals surface area (Å²) in [6, 6.07) is 4.82. The number of ether oxygens (including phenoxy) is 1. The largest absolute Gasteiger partial charge is 0.451 e. The lowest BCUT2D eigenvalue weighted by molar-refractivity contribution is 0.0317. The van der Waals surface area contributed by atoms with Crippen LogP contribution in [0.15, 0.2) is 30.6 Å². The predicted octanol–water partition coefficient (Wildman–Crippen LogP) is 3.21. The van der Waals surface area contributed by atoms with Crippen molar-refractivity contribution in [2.75, 3.05) is 0 Å². The van der Waals surface area contributed by atoms with E-state index < -0.39 is 17.9 Å². The number of nitrogens with zero attached hydrogens (tertiary/aromatic N) is 2. The summed E-state index contributed by atoms with van der Waals surface area (Å²) in [5, 5.41) is 0. The summed E-state index contributed by atoms with van der Waals surface area (Å²) in [6.45, 7) is 6.38. The molecule has 1 atom stereocenters. The average Bonchev–Trinajstić information content (AvgIpc) is 2.94. The minimum absolute atomic E-state index is 0.123. The fourth-order valence-electron chi connectivity index (χ4n) is 3.10. The molecular formula is C20H19N3O4. The molecule has 7 nitrogen and oxygen atoms in total. The Morgan fingerprint density at radius 3 is 2.37 bits per heavy atom. The molecule has 0 saturated carbocycles. The fraction of sp³-hybridized carbons (Fsp3) is 0.250. The monoisotopic (exact) mass is 365 g/mol. The van der Waals surface area contributed by atoms with Gasteiger partial charge in [-0.2, -0.15) is 0 Å². The Hall–Kier alpha value is -3.35. The molecule has 27 heavy (non-hydrogen) atoms. The van der Waals surface area contributed by atoms with Crippen molar-refractivity contribution in [3.63, 3.8) is 0 Å². The van der Waals surface area contributed by atoms with Crippen LogP contribution >= 0.6 is 0 Å². The Morgan fingerprint density at radius 2 is 1.74 bits per heavy atom. The van der Waals surface area contributed by atoms with Crippen molar-refractivity contribution in [3.05, 3.63) is 58.7 Å². The summed E-state index contributed by atoms with van der Waals surface area (Å²) in [7, 11) is 0. The van der Waals surface area contributed by atoms with Gasteiger partial charge < -0.3 is 9.72 Å². The molecule has 138 valence electrons. The maximum Gasteiger partial charge on any atom is 0.338 e. The third kappa shape index (κ3) is 3.48. The predicted molar refractivity (Wildman–Crippen MR) is 99.0 cm³/mol. The van der Waals surface area contributed by atoms with E-state index in [1.54, 1.807) is 38.2 Å². The molecule has 0 aliphatic heterocycles. The zero-order chi connectivity index (χ0) is 19.7. The van der Waals surface area contributed by atoms with Crippen molar-refractivity contribution in [2.45, 2.75) is 33.8 Å². The Kier molecular flexibility index (Phi) is 4.85. The first-order valence-corrected chi connectivity index (χ1v) is 8.45. The topological polar surface area (TPSA) is 102 Å². The normalized spacial score (nSPS) is 12.0. The first kappa shape index (κ1) is 18.4. The highest BCUT2D eigenvalue weighted by Gasteiger charge is 2.26. The van der Waals surface area contributed by atoms with Gasteiger partial charge in [-0.25, -0.2) is 4.79 Å². The number of ketones is 2. The van der Waals surface area contributed by atoms with E-state index in [0.717, 1.165) is 0 Å². The van der Waals surface area contributed by atoms with Crippen molar-refractivity contribution in [1.82, 2.24) is 15.0 Å². The van der Waals surface area contributed by atoms with Gasteiger partial charge in [0.15, 0.2) is 11.9 Å². The van der Waals surface area contributed by atoms with Crippen molar-refractivity contribution < 1.29 is 19.1 Å². The highest BCUT2D eigenvalue weighted by atomic mass is 16.5. The van der Waals surface area contributed by atoms with Gasteiger partial charge in [0, 0.05) is 23.7 Å². The van der Waals surface area contributed by atoms with E-state index in [1.807, 2.05) is 0 Å². The number of hydrogen-bond acceptors (Lipinski definition) is 6. The third-order valence-corrected chi connectivity index (χ3v) is 4.39. The molecule has 3 rings (SSSR count). The lowest BCUT2D eigenvalue weighted by Crippen LogP contribution is -2.25. The van der Waals surface area contributed by atoms with Gasteiger partial charge >= 0.3 is 5.97 Å². The van der Waals surface area contributed by atoms with Gasteiger partial charge in [-0.1, -0.05) is 0 Å². The molecule has 0 amide bonds. The van der Waals surface area contributed by atoms with E-state index in [-0.39, 0.29) is 17.0 Å². The number of hydrogen-bond donors (Lipinski definition) is 1. The van der Waals surface area contributed by atoms with Crippen molar-refractivity contribution in [3.8, 4) is 0 Å². The number of aromatic nitrogens is 3. The van der Waals surface area contributed by atoms with Gasteiger partial charge in [-0.15, -0.1) is 0 Å². The van der Waals surface area contributed by atoms with E-state index in [9.17, 15) is 14.4 Å². The van der Waals surface area contributed by atoms with Crippen LogP contribution in [0.3, 0.4) is 0 Å². The lowest BCUT2D eigenvalue weighted by Gasteiger charge is -2.12. The van der Waals surface area contributed by atoms with E-state index in [2.05, 4.69) is 15.0 Å². The van der Waals surface area contributed by atoms with Crippen LogP contribution in [0, 0.1) is 13.8 Å². The second-order valence-corrected chi connectivity index (χ2v) is 6.35. The Bertz CT molecular complexity index is 1070. The maximum atomic E-state index is 12.7. The first-order valence-electron chi connectivity index (χ1n) is 8.45. The molecule has 0 fully saturated rings. The van der Waals surface area contributed by atoms with Crippen molar-refractivity contribution >= 4 is 28.6 Å². The molecule has 0 radical (unpaired) electrons. The van der Waals surface area contributed by atoms with Gasteiger partial charge in [0.1, 0.15) is 0 Å². The van der Waals surface area contributed by atoms with Gasteiger partial charge in [0.2, 0.25) is 5.78 Å². The first-order chi connectivity index (χ1) is 12.8. The van der Waals surface area contributed by atoms with Crippen LogP contribution in [-0.2, 0) is 4.74 Å². The number of H-pyrrole nitrogens is 1. The van der Waals surface area contributed by atoms with Crippen LogP contribution in [0.25, 0.3) is 11.0 Å². The summed E-state index contributed by atoms with van der Waals surface area (Å²) in [6.07, 6.45) is 2.09. The minimum Gasteiger partial charge on any atom is -0.451 e. The second-order valence-electron chi connectivity index (χ2n) is 6.35. The van der Waals surface area contributed by atoms with Gasteiger partial charge in [-0.3, -0.25) is 19.6 Å². The van der Waals surface area contributed by atoms with Crippen LogP contribution in [0.1, 0.15) is 56.3 Å². The number of carbonyl (C=O) groups excluding carboxylic acids is 3. The maximum absolute atomic E-state index is 12.7. The highest BCUT2D eigenvalue weighted by molar-refractivity contribution is 6.05. The van der Waals surface area contributed by atoms with Crippen LogP contribution < -0.4 is 0 Å². The van der Waals surface area contributed by atoms with Crippen LogP contribution in [-0.4, -0.2) is 38.6 Å². The molecule has 1 unspecified atom stereocenters. The second kappa shape index (κ2) is 7.11. The van der Waals surface area contributed by atoms with Crippen molar-refractivity contribution in [2.24, 2.45) is 0 Å². The van der Waals surface area contributed by atoms with Crippen LogP contribution in [0.2, 0.25) is 0 Å². The molecule has 7 heteroatoms. The number of carbonyl (C=O) groups is 3. The molecule has 0 aliphatic rings. The number of nitrogens with one attached hydrogen (secondary N) is 1.